The second-order valence-corrected chi connectivity index (χ2v) is 8.18. The van der Waals surface area contributed by atoms with Gasteiger partial charge in [0, 0.05) is 42.2 Å². The SMILES string of the molecule is COc1ccc2c(CC(=O)N3CCC[C@H](c4nnc5ccc(C(F)(F)F)cn45)C3)coc2c1. The molecule has 5 rings (SSSR count). The van der Waals surface area contributed by atoms with Crippen LogP contribution in [0.15, 0.2) is 47.2 Å². The molecule has 10 heteroatoms. The van der Waals surface area contributed by atoms with E-state index in [9.17, 15) is 18.0 Å². The third kappa shape index (κ3) is 4.01. The summed E-state index contributed by atoms with van der Waals surface area (Å²) < 4.78 is 51.7. The van der Waals surface area contributed by atoms with Crippen molar-refractivity contribution < 1.29 is 27.1 Å². The molecule has 4 aromatic rings. The number of likely N-dealkylation sites (tertiary alicyclic amines) is 1. The fourth-order valence-corrected chi connectivity index (χ4v) is 4.37. The number of alkyl halides is 3. The van der Waals surface area contributed by atoms with E-state index < -0.39 is 11.7 Å². The Kier molecular flexibility index (Phi) is 5.22. The number of nitrogens with zero attached hydrogens (tertiary/aromatic N) is 4. The summed E-state index contributed by atoms with van der Waals surface area (Å²) in [6.45, 7) is 0.961. The maximum absolute atomic E-state index is 13.2. The van der Waals surface area contributed by atoms with Gasteiger partial charge in [0.05, 0.1) is 25.4 Å². The molecular formula is C23H21F3N4O3. The Morgan fingerprint density at radius 1 is 1.24 bits per heavy atom. The summed E-state index contributed by atoms with van der Waals surface area (Å²) in [5, 5.41) is 9.01. The minimum atomic E-state index is -4.46. The second kappa shape index (κ2) is 8.09. The van der Waals surface area contributed by atoms with E-state index in [2.05, 4.69) is 10.2 Å². The van der Waals surface area contributed by atoms with Crippen LogP contribution in [-0.2, 0) is 17.4 Å². The highest BCUT2D eigenvalue weighted by Gasteiger charge is 2.33. The number of carbonyl (C=O) groups excluding carboxylic acids is 1. The molecule has 1 aromatic carbocycles. The van der Waals surface area contributed by atoms with Gasteiger partial charge in [-0.25, -0.2) is 0 Å². The van der Waals surface area contributed by atoms with Crippen molar-refractivity contribution in [1.82, 2.24) is 19.5 Å². The van der Waals surface area contributed by atoms with Crippen molar-refractivity contribution in [2.24, 2.45) is 0 Å². The first-order chi connectivity index (χ1) is 15.8. The van der Waals surface area contributed by atoms with Gasteiger partial charge in [0.2, 0.25) is 5.91 Å². The Balaban J connectivity index is 1.35. The predicted octanol–water partition coefficient (Wildman–Crippen LogP) is 4.45. The van der Waals surface area contributed by atoms with Gasteiger partial charge in [0.25, 0.3) is 0 Å². The smallest absolute Gasteiger partial charge is 0.417 e. The number of carbonyl (C=O) groups is 1. The van der Waals surface area contributed by atoms with Gasteiger partial charge in [-0.3, -0.25) is 9.20 Å². The van der Waals surface area contributed by atoms with E-state index in [1.54, 1.807) is 24.3 Å². The number of methoxy groups -OCH3 is 1. The molecule has 7 nitrogen and oxygen atoms in total. The van der Waals surface area contributed by atoms with E-state index in [0.29, 0.717) is 35.9 Å². The number of benzene rings is 1. The van der Waals surface area contributed by atoms with Crippen LogP contribution in [0.5, 0.6) is 5.75 Å². The summed E-state index contributed by atoms with van der Waals surface area (Å²) in [6, 6.07) is 7.75. The molecule has 0 saturated carbocycles. The van der Waals surface area contributed by atoms with Crippen molar-refractivity contribution in [2.45, 2.75) is 31.4 Å². The van der Waals surface area contributed by atoms with E-state index in [1.807, 2.05) is 12.1 Å². The normalized spacial score (nSPS) is 17.1. The van der Waals surface area contributed by atoms with E-state index in [-0.39, 0.29) is 18.2 Å². The second-order valence-electron chi connectivity index (χ2n) is 8.18. The molecule has 33 heavy (non-hydrogen) atoms. The summed E-state index contributed by atoms with van der Waals surface area (Å²) >= 11 is 0. The maximum Gasteiger partial charge on any atom is 0.417 e. The Hall–Kier alpha value is -3.56. The number of amides is 1. The number of rotatable bonds is 4. The highest BCUT2D eigenvalue weighted by molar-refractivity contribution is 5.88. The standard InChI is InChI=1S/C23H21F3N4O3/c1-32-17-5-6-18-15(13-33-19(18)10-17)9-21(31)29-8-2-3-14(11-29)22-28-27-20-7-4-16(12-30(20)22)23(24,25)26/h4-7,10,12-14H,2-3,8-9,11H2,1H3/t14-/m0/s1. The Morgan fingerprint density at radius 2 is 2.09 bits per heavy atom. The van der Waals surface area contributed by atoms with Crippen LogP contribution < -0.4 is 4.74 Å². The topological polar surface area (TPSA) is 72.9 Å². The highest BCUT2D eigenvalue weighted by Crippen LogP contribution is 2.32. The summed E-state index contributed by atoms with van der Waals surface area (Å²) in [5.74, 6) is 0.840. The largest absolute Gasteiger partial charge is 0.497 e. The van der Waals surface area contributed by atoms with Crippen molar-refractivity contribution in [2.75, 3.05) is 20.2 Å². The molecule has 1 aliphatic rings. The van der Waals surface area contributed by atoms with Crippen LogP contribution in [0.4, 0.5) is 13.2 Å². The van der Waals surface area contributed by atoms with Gasteiger partial charge in [-0.2, -0.15) is 13.2 Å². The molecule has 0 radical (unpaired) electrons. The Bertz CT molecular complexity index is 1330. The summed E-state index contributed by atoms with van der Waals surface area (Å²) in [7, 11) is 1.57. The fourth-order valence-electron chi connectivity index (χ4n) is 4.37. The van der Waals surface area contributed by atoms with Crippen LogP contribution in [0, 0.1) is 0 Å². The molecule has 0 spiro atoms. The van der Waals surface area contributed by atoms with E-state index in [1.165, 1.54) is 10.5 Å². The fraction of sp³-hybridized carbons (Fsp3) is 0.348. The molecular weight excluding hydrogens is 437 g/mol. The number of pyridine rings is 1. The van der Waals surface area contributed by atoms with E-state index in [4.69, 9.17) is 9.15 Å². The molecule has 0 N–H and O–H groups in total. The quantitative estimate of drug-likeness (QED) is 0.452. The van der Waals surface area contributed by atoms with Crippen LogP contribution in [0.1, 0.15) is 35.7 Å². The first-order valence-corrected chi connectivity index (χ1v) is 10.6. The summed E-state index contributed by atoms with van der Waals surface area (Å²) in [4.78, 5) is 14.8. The van der Waals surface area contributed by atoms with Crippen LogP contribution in [0.25, 0.3) is 16.6 Å². The monoisotopic (exact) mass is 458 g/mol. The third-order valence-corrected chi connectivity index (χ3v) is 6.10. The van der Waals surface area contributed by atoms with Gasteiger partial charge in [-0.15, -0.1) is 10.2 Å². The third-order valence-electron chi connectivity index (χ3n) is 6.10. The number of hydrogen-bond donors (Lipinski definition) is 0. The minimum absolute atomic E-state index is 0.0666. The van der Waals surface area contributed by atoms with Gasteiger partial charge in [0.1, 0.15) is 17.2 Å². The summed E-state index contributed by atoms with van der Waals surface area (Å²) in [6.07, 6.45) is -0.235. The van der Waals surface area contributed by atoms with Gasteiger partial charge < -0.3 is 14.1 Å². The first kappa shape index (κ1) is 21.3. The lowest BCUT2D eigenvalue weighted by Crippen LogP contribution is -2.40. The number of furan rings is 1. The summed E-state index contributed by atoms with van der Waals surface area (Å²) in [5.41, 5.74) is 1.01. The number of ether oxygens (including phenoxy) is 1. The number of halogens is 3. The Morgan fingerprint density at radius 3 is 2.88 bits per heavy atom. The average Bonchev–Trinajstić information content (AvgIpc) is 3.42. The first-order valence-electron chi connectivity index (χ1n) is 10.6. The van der Waals surface area contributed by atoms with E-state index >= 15 is 0 Å². The lowest BCUT2D eigenvalue weighted by Gasteiger charge is -2.32. The van der Waals surface area contributed by atoms with Crippen molar-refractivity contribution in [1.29, 1.82) is 0 Å². The van der Waals surface area contributed by atoms with Crippen LogP contribution >= 0.6 is 0 Å². The van der Waals surface area contributed by atoms with Crippen LogP contribution in [-0.4, -0.2) is 45.6 Å². The molecule has 4 heterocycles. The molecule has 1 fully saturated rings. The predicted molar refractivity (Wildman–Crippen MR) is 113 cm³/mol. The Labute approximate surface area is 186 Å². The average molecular weight is 458 g/mol. The van der Waals surface area contributed by atoms with Gasteiger partial charge in [-0.05, 0) is 37.1 Å². The molecule has 0 unspecified atom stereocenters. The van der Waals surface area contributed by atoms with Crippen LogP contribution in [0.2, 0.25) is 0 Å². The highest BCUT2D eigenvalue weighted by atomic mass is 19.4. The van der Waals surface area contributed by atoms with Gasteiger partial charge in [-0.1, -0.05) is 0 Å². The molecule has 3 aromatic heterocycles. The number of piperidine rings is 1. The molecule has 0 bridgehead atoms. The number of fused-ring (bicyclic) bond motifs is 2. The molecule has 1 aliphatic heterocycles. The minimum Gasteiger partial charge on any atom is -0.497 e. The van der Waals surface area contributed by atoms with Crippen LogP contribution in [0.3, 0.4) is 0 Å². The zero-order valence-electron chi connectivity index (χ0n) is 17.8. The molecule has 0 aliphatic carbocycles. The van der Waals surface area contributed by atoms with Gasteiger partial charge in [0.15, 0.2) is 5.65 Å². The number of hydrogen-bond acceptors (Lipinski definition) is 5. The molecule has 172 valence electrons. The molecule has 1 saturated heterocycles. The number of aromatic nitrogens is 3. The zero-order valence-corrected chi connectivity index (χ0v) is 17.8. The van der Waals surface area contributed by atoms with E-state index in [0.717, 1.165) is 36.1 Å². The zero-order chi connectivity index (χ0) is 23.2. The van der Waals surface area contributed by atoms with Gasteiger partial charge >= 0.3 is 6.18 Å². The van der Waals surface area contributed by atoms with Crippen molar-refractivity contribution >= 4 is 22.5 Å². The molecule has 1 atom stereocenters. The lowest BCUT2D eigenvalue weighted by molar-refractivity contribution is -0.137. The lowest BCUT2D eigenvalue weighted by atomic mass is 9.96. The van der Waals surface area contributed by atoms with Crippen molar-refractivity contribution in [3.05, 3.63) is 59.7 Å². The van der Waals surface area contributed by atoms with Crippen molar-refractivity contribution in [3.8, 4) is 5.75 Å². The van der Waals surface area contributed by atoms with Crippen molar-refractivity contribution in [3.63, 3.8) is 0 Å². The molecule has 1 amide bonds. The maximum atomic E-state index is 13.2.